The Hall–Kier alpha value is -1.72. The van der Waals surface area contributed by atoms with Crippen molar-refractivity contribution in [2.45, 2.75) is 25.1 Å². The van der Waals surface area contributed by atoms with E-state index in [-0.39, 0.29) is 11.6 Å². The third-order valence-corrected chi connectivity index (χ3v) is 3.68. The average molecular weight is 270 g/mol. The van der Waals surface area contributed by atoms with E-state index in [1.54, 1.807) is 11.0 Å². The SMILES string of the molecule is O=C1NCCCN2c3c(cccc3C(F)(F)F)CC12. The third-order valence-electron chi connectivity index (χ3n) is 3.68. The second-order valence-electron chi connectivity index (χ2n) is 4.87. The molecule has 1 N–H and O–H groups in total. The van der Waals surface area contributed by atoms with Crippen LogP contribution in [-0.2, 0) is 17.4 Å². The van der Waals surface area contributed by atoms with Crippen molar-refractivity contribution in [2.24, 2.45) is 0 Å². The summed E-state index contributed by atoms with van der Waals surface area (Å²) >= 11 is 0. The first kappa shape index (κ1) is 12.3. The molecular weight excluding hydrogens is 257 g/mol. The first-order valence-corrected chi connectivity index (χ1v) is 6.22. The smallest absolute Gasteiger partial charge is 0.358 e. The topological polar surface area (TPSA) is 32.3 Å². The van der Waals surface area contributed by atoms with Crippen molar-refractivity contribution < 1.29 is 18.0 Å². The summed E-state index contributed by atoms with van der Waals surface area (Å²) in [7, 11) is 0. The zero-order chi connectivity index (χ0) is 13.6. The molecule has 0 spiro atoms. The van der Waals surface area contributed by atoms with Crippen molar-refractivity contribution in [2.75, 3.05) is 18.0 Å². The molecule has 1 aromatic carbocycles. The number of carbonyl (C=O) groups is 1. The van der Waals surface area contributed by atoms with E-state index in [2.05, 4.69) is 5.32 Å². The Labute approximate surface area is 108 Å². The highest BCUT2D eigenvalue weighted by Gasteiger charge is 2.42. The van der Waals surface area contributed by atoms with Crippen LogP contribution in [0.3, 0.4) is 0 Å². The van der Waals surface area contributed by atoms with E-state index < -0.39 is 17.8 Å². The van der Waals surface area contributed by atoms with Crippen LogP contribution < -0.4 is 10.2 Å². The lowest BCUT2D eigenvalue weighted by Gasteiger charge is -2.25. The van der Waals surface area contributed by atoms with Crippen LogP contribution >= 0.6 is 0 Å². The molecule has 102 valence electrons. The number of carbonyl (C=O) groups excluding carboxylic acids is 1. The number of amides is 1. The monoisotopic (exact) mass is 270 g/mol. The van der Waals surface area contributed by atoms with Crippen LogP contribution in [0.4, 0.5) is 18.9 Å². The number of fused-ring (bicyclic) bond motifs is 3. The quantitative estimate of drug-likeness (QED) is 0.781. The molecule has 0 aliphatic carbocycles. The van der Waals surface area contributed by atoms with Gasteiger partial charge in [0.15, 0.2) is 0 Å². The highest BCUT2D eigenvalue weighted by Crippen LogP contribution is 2.43. The normalized spacial score (nSPS) is 22.6. The average Bonchev–Trinajstić information content (AvgIpc) is 2.62. The number of benzene rings is 1. The molecule has 1 aromatic rings. The van der Waals surface area contributed by atoms with E-state index in [9.17, 15) is 18.0 Å². The number of halogens is 3. The first-order chi connectivity index (χ1) is 8.98. The largest absolute Gasteiger partial charge is 0.418 e. The summed E-state index contributed by atoms with van der Waals surface area (Å²) in [6.45, 7) is 0.999. The molecule has 0 aromatic heterocycles. The summed E-state index contributed by atoms with van der Waals surface area (Å²) in [4.78, 5) is 13.5. The van der Waals surface area contributed by atoms with Gasteiger partial charge in [-0.2, -0.15) is 13.2 Å². The first-order valence-electron chi connectivity index (χ1n) is 6.22. The standard InChI is InChI=1S/C13H13F3N2O/c14-13(15,16)9-4-1-3-8-7-10-12(19)17-5-2-6-18(10)11(8)9/h1,3-4,10H,2,5-7H2,(H,17,19). The van der Waals surface area contributed by atoms with Crippen molar-refractivity contribution in [3.8, 4) is 0 Å². The van der Waals surface area contributed by atoms with E-state index in [1.807, 2.05) is 0 Å². The molecule has 3 rings (SSSR count). The zero-order valence-electron chi connectivity index (χ0n) is 10.1. The fourth-order valence-corrected chi connectivity index (χ4v) is 2.88. The maximum Gasteiger partial charge on any atom is 0.418 e. The predicted octanol–water partition coefficient (Wildman–Crippen LogP) is 1.96. The number of rotatable bonds is 0. The second kappa shape index (κ2) is 4.15. The van der Waals surface area contributed by atoms with Gasteiger partial charge in [-0.1, -0.05) is 12.1 Å². The molecule has 6 heteroatoms. The Balaban J connectivity index is 2.10. The Morgan fingerprint density at radius 3 is 2.84 bits per heavy atom. The number of hydrogen-bond acceptors (Lipinski definition) is 2. The Kier molecular flexibility index (Phi) is 2.69. The number of nitrogens with zero attached hydrogens (tertiary/aromatic N) is 1. The highest BCUT2D eigenvalue weighted by atomic mass is 19.4. The lowest BCUT2D eigenvalue weighted by Crippen LogP contribution is -2.42. The number of anilines is 1. The van der Waals surface area contributed by atoms with E-state index in [4.69, 9.17) is 0 Å². The lowest BCUT2D eigenvalue weighted by molar-refractivity contribution is -0.137. The Morgan fingerprint density at radius 1 is 1.32 bits per heavy atom. The molecule has 1 fully saturated rings. The fourth-order valence-electron chi connectivity index (χ4n) is 2.88. The molecule has 2 heterocycles. The molecule has 0 bridgehead atoms. The van der Waals surface area contributed by atoms with Crippen LogP contribution in [0.15, 0.2) is 18.2 Å². The van der Waals surface area contributed by atoms with Gasteiger partial charge in [0.05, 0.1) is 11.3 Å². The van der Waals surface area contributed by atoms with E-state index in [0.29, 0.717) is 31.5 Å². The molecule has 3 nitrogen and oxygen atoms in total. The highest BCUT2D eigenvalue weighted by molar-refractivity contribution is 5.89. The summed E-state index contributed by atoms with van der Waals surface area (Å²) in [6, 6.07) is 3.67. The van der Waals surface area contributed by atoms with Crippen LogP contribution in [-0.4, -0.2) is 25.0 Å². The van der Waals surface area contributed by atoms with Gasteiger partial charge >= 0.3 is 6.18 Å². The van der Waals surface area contributed by atoms with Crippen molar-refractivity contribution in [1.29, 1.82) is 0 Å². The van der Waals surface area contributed by atoms with Gasteiger partial charge < -0.3 is 10.2 Å². The van der Waals surface area contributed by atoms with Crippen molar-refractivity contribution in [3.63, 3.8) is 0 Å². The van der Waals surface area contributed by atoms with Gasteiger partial charge in [0, 0.05) is 19.5 Å². The Morgan fingerprint density at radius 2 is 2.11 bits per heavy atom. The number of alkyl halides is 3. The summed E-state index contributed by atoms with van der Waals surface area (Å²) in [5.74, 6) is -0.179. The fraction of sp³-hybridized carbons (Fsp3) is 0.462. The molecule has 1 unspecified atom stereocenters. The number of para-hydroxylation sites is 1. The minimum absolute atomic E-state index is 0.179. The molecule has 1 atom stereocenters. The van der Waals surface area contributed by atoms with Gasteiger partial charge in [-0.3, -0.25) is 4.79 Å². The van der Waals surface area contributed by atoms with E-state index in [1.165, 1.54) is 6.07 Å². The Bertz CT molecular complexity index is 527. The minimum Gasteiger partial charge on any atom is -0.358 e. The number of hydrogen-bond donors (Lipinski definition) is 1. The second-order valence-corrected chi connectivity index (χ2v) is 4.87. The summed E-state index contributed by atoms with van der Waals surface area (Å²) in [5, 5.41) is 2.75. The minimum atomic E-state index is -4.39. The van der Waals surface area contributed by atoms with E-state index in [0.717, 1.165) is 6.07 Å². The molecule has 2 aliphatic heterocycles. The molecule has 2 aliphatic rings. The van der Waals surface area contributed by atoms with Crippen molar-refractivity contribution in [3.05, 3.63) is 29.3 Å². The van der Waals surface area contributed by atoms with Gasteiger partial charge in [-0.15, -0.1) is 0 Å². The van der Waals surface area contributed by atoms with Gasteiger partial charge in [0.25, 0.3) is 0 Å². The molecule has 19 heavy (non-hydrogen) atoms. The van der Waals surface area contributed by atoms with Gasteiger partial charge in [-0.25, -0.2) is 0 Å². The van der Waals surface area contributed by atoms with Crippen LogP contribution in [0.1, 0.15) is 17.5 Å². The molecular formula is C13H13F3N2O. The van der Waals surface area contributed by atoms with Gasteiger partial charge in [0.2, 0.25) is 5.91 Å². The third kappa shape index (κ3) is 1.95. The van der Waals surface area contributed by atoms with Crippen LogP contribution in [0, 0.1) is 0 Å². The van der Waals surface area contributed by atoms with Crippen LogP contribution in [0.2, 0.25) is 0 Å². The van der Waals surface area contributed by atoms with E-state index >= 15 is 0 Å². The van der Waals surface area contributed by atoms with Gasteiger partial charge in [-0.05, 0) is 18.1 Å². The predicted molar refractivity (Wildman–Crippen MR) is 63.9 cm³/mol. The maximum atomic E-state index is 13.1. The summed E-state index contributed by atoms with van der Waals surface area (Å²) in [6.07, 6.45) is -3.37. The maximum absolute atomic E-state index is 13.1. The summed E-state index contributed by atoms with van der Waals surface area (Å²) in [5.41, 5.74) is 0.163. The number of nitrogens with one attached hydrogen (secondary N) is 1. The zero-order valence-corrected chi connectivity index (χ0v) is 10.1. The van der Waals surface area contributed by atoms with Gasteiger partial charge in [0.1, 0.15) is 6.04 Å². The molecule has 1 saturated heterocycles. The van der Waals surface area contributed by atoms with Crippen LogP contribution in [0.25, 0.3) is 0 Å². The molecule has 0 radical (unpaired) electrons. The molecule has 0 saturated carbocycles. The lowest BCUT2D eigenvalue weighted by atomic mass is 10.1. The van der Waals surface area contributed by atoms with Crippen LogP contribution in [0.5, 0.6) is 0 Å². The molecule has 1 amide bonds. The van der Waals surface area contributed by atoms with Crippen molar-refractivity contribution >= 4 is 11.6 Å². The summed E-state index contributed by atoms with van der Waals surface area (Å²) < 4.78 is 39.2. The van der Waals surface area contributed by atoms with Crippen molar-refractivity contribution in [1.82, 2.24) is 5.32 Å².